The normalized spacial score (nSPS) is 18.6. The molecule has 2 N–H and O–H groups in total. The molecule has 168 valence electrons. The molecule has 2 amide bonds. The average Bonchev–Trinajstić information content (AvgIpc) is 3.40. The summed E-state index contributed by atoms with van der Waals surface area (Å²) in [5.74, 6) is -1.28. The van der Waals surface area contributed by atoms with Crippen molar-refractivity contribution in [3.63, 3.8) is 0 Å². The summed E-state index contributed by atoms with van der Waals surface area (Å²) in [6, 6.07) is 4.39. The number of primary amides is 1. The number of aryl methyl sites for hydroxylation is 1. The van der Waals surface area contributed by atoms with Crippen molar-refractivity contribution >= 4 is 32.9 Å². The van der Waals surface area contributed by atoms with Crippen LogP contribution in [0.4, 0.5) is 0 Å². The summed E-state index contributed by atoms with van der Waals surface area (Å²) < 4.78 is 33.5. The highest BCUT2D eigenvalue weighted by molar-refractivity contribution is 7.89. The maximum absolute atomic E-state index is 12.7. The van der Waals surface area contributed by atoms with Gasteiger partial charge in [0.2, 0.25) is 21.8 Å². The van der Waals surface area contributed by atoms with Crippen molar-refractivity contribution in [1.29, 1.82) is 0 Å². The number of sulfonamides is 1. The number of aromatic nitrogens is 1. The topological polar surface area (TPSA) is 136 Å². The number of benzene rings is 1. The highest BCUT2D eigenvalue weighted by Crippen LogP contribution is 2.24. The van der Waals surface area contributed by atoms with E-state index in [1.165, 1.54) is 21.0 Å². The van der Waals surface area contributed by atoms with Crippen LogP contribution in [0.2, 0.25) is 0 Å². The zero-order valence-electron chi connectivity index (χ0n) is 17.2. The van der Waals surface area contributed by atoms with E-state index in [0.717, 1.165) is 12.8 Å². The number of oxazole rings is 1. The van der Waals surface area contributed by atoms with Gasteiger partial charge in [0.1, 0.15) is 0 Å². The van der Waals surface area contributed by atoms with Crippen LogP contribution in [0.25, 0.3) is 11.1 Å². The van der Waals surface area contributed by atoms with Gasteiger partial charge in [0.25, 0.3) is 0 Å². The van der Waals surface area contributed by atoms with Gasteiger partial charge < -0.3 is 15.1 Å². The molecule has 0 saturated carbocycles. The maximum atomic E-state index is 12.7. The molecule has 11 heteroatoms. The van der Waals surface area contributed by atoms with Crippen molar-refractivity contribution in [3.8, 4) is 0 Å². The van der Waals surface area contributed by atoms with Crippen molar-refractivity contribution in [3.05, 3.63) is 28.7 Å². The van der Waals surface area contributed by atoms with Crippen LogP contribution in [0.1, 0.15) is 32.1 Å². The molecular formula is C20H26N4O6S. The second kappa shape index (κ2) is 8.46. The third-order valence-electron chi connectivity index (χ3n) is 6.14. The zero-order chi connectivity index (χ0) is 22.2. The summed E-state index contributed by atoms with van der Waals surface area (Å²) in [6.45, 7) is 2.03. The lowest BCUT2D eigenvalue weighted by atomic mass is 9.96. The molecule has 1 aromatic heterocycles. The summed E-state index contributed by atoms with van der Waals surface area (Å²) in [4.78, 5) is 37.9. The Kier molecular flexibility index (Phi) is 5.89. The number of hydrogen-bond acceptors (Lipinski definition) is 6. The van der Waals surface area contributed by atoms with E-state index in [-0.39, 0.29) is 41.2 Å². The lowest BCUT2D eigenvalue weighted by molar-refractivity contribution is -0.135. The number of rotatable bonds is 6. The Labute approximate surface area is 179 Å². The van der Waals surface area contributed by atoms with E-state index in [1.807, 2.05) is 0 Å². The largest absolute Gasteiger partial charge is 0.419 e. The predicted molar refractivity (Wildman–Crippen MR) is 112 cm³/mol. The first-order valence-electron chi connectivity index (χ1n) is 10.5. The minimum absolute atomic E-state index is 0.0937. The molecule has 3 heterocycles. The van der Waals surface area contributed by atoms with Gasteiger partial charge in [-0.25, -0.2) is 13.2 Å². The van der Waals surface area contributed by atoms with Crippen LogP contribution in [-0.2, 0) is 26.2 Å². The second-order valence-electron chi connectivity index (χ2n) is 8.07. The Morgan fingerprint density at radius 2 is 1.77 bits per heavy atom. The molecule has 0 atom stereocenters. The van der Waals surface area contributed by atoms with E-state index < -0.39 is 15.8 Å². The third kappa shape index (κ3) is 4.24. The molecular weight excluding hydrogens is 424 g/mol. The SMILES string of the molecule is NC(=O)C1CCN(C(=O)CCn2c(=O)oc3cc(S(=O)(=O)N4CCCC4)ccc32)CC1. The summed E-state index contributed by atoms with van der Waals surface area (Å²) in [7, 11) is -3.62. The molecule has 4 rings (SSSR count). The quantitative estimate of drug-likeness (QED) is 0.680. The summed E-state index contributed by atoms with van der Waals surface area (Å²) in [5, 5.41) is 0. The van der Waals surface area contributed by atoms with E-state index in [4.69, 9.17) is 10.2 Å². The van der Waals surface area contributed by atoms with Crippen LogP contribution in [0.3, 0.4) is 0 Å². The Morgan fingerprint density at radius 1 is 1.10 bits per heavy atom. The average molecular weight is 451 g/mol. The number of carbonyl (C=O) groups excluding carboxylic acids is 2. The first-order chi connectivity index (χ1) is 14.8. The van der Waals surface area contributed by atoms with Gasteiger partial charge in [0.15, 0.2) is 5.58 Å². The Morgan fingerprint density at radius 3 is 2.42 bits per heavy atom. The van der Waals surface area contributed by atoms with Gasteiger partial charge in [-0.1, -0.05) is 0 Å². The number of piperidine rings is 1. The van der Waals surface area contributed by atoms with Gasteiger partial charge in [0.05, 0.1) is 10.4 Å². The number of carbonyl (C=O) groups is 2. The number of likely N-dealkylation sites (tertiary alicyclic amines) is 1. The lowest BCUT2D eigenvalue weighted by Gasteiger charge is -2.30. The smallest absolute Gasteiger partial charge is 0.408 e. The first kappa shape index (κ1) is 21.6. The van der Waals surface area contributed by atoms with Crippen molar-refractivity contribution in [2.24, 2.45) is 11.7 Å². The van der Waals surface area contributed by atoms with Gasteiger partial charge >= 0.3 is 5.76 Å². The highest BCUT2D eigenvalue weighted by atomic mass is 32.2. The van der Waals surface area contributed by atoms with Crippen LogP contribution >= 0.6 is 0 Å². The Bertz CT molecular complexity index is 1150. The number of hydrogen-bond donors (Lipinski definition) is 1. The molecule has 31 heavy (non-hydrogen) atoms. The van der Waals surface area contributed by atoms with Crippen molar-refractivity contribution < 1.29 is 22.4 Å². The molecule has 0 radical (unpaired) electrons. The molecule has 1 aromatic carbocycles. The highest BCUT2D eigenvalue weighted by Gasteiger charge is 2.28. The van der Waals surface area contributed by atoms with Crippen LogP contribution in [0.15, 0.2) is 32.3 Å². The predicted octanol–water partition coefficient (Wildman–Crippen LogP) is 0.493. The molecule has 2 saturated heterocycles. The third-order valence-corrected chi connectivity index (χ3v) is 8.04. The zero-order valence-corrected chi connectivity index (χ0v) is 18.0. The number of nitrogens with two attached hydrogens (primary N) is 1. The molecule has 0 bridgehead atoms. The molecule has 0 unspecified atom stereocenters. The first-order valence-corrected chi connectivity index (χ1v) is 11.9. The van der Waals surface area contributed by atoms with E-state index in [0.29, 0.717) is 44.5 Å². The fourth-order valence-electron chi connectivity index (χ4n) is 4.28. The summed E-state index contributed by atoms with van der Waals surface area (Å²) in [6.07, 6.45) is 2.86. The fraction of sp³-hybridized carbons (Fsp3) is 0.550. The molecule has 2 aliphatic rings. The standard InChI is InChI=1S/C20H26N4O6S/c21-19(26)14-5-10-22(11-6-14)18(25)7-12-24-16-4-3-15(13-17(16)30-20(24)27)31(28,29)23-8-1-2-9-23/h3-4,13-14H,1-2,5-12H2,(H2,21,26). The van der Waals surface area contributed by atoms with Crippen molar-refractivity contribution in [2.75, 3.05) is 26.2 Å². The minimum atomic E-state index is -3.62. The summed E-state index contributed by atoms with van der Waals surface area (Å²) >= 11 is 0. The van der Waals surface area contributed by atoms with Crippen molar-refractivity contribution in [1.82, 2.24) is 13.8 Å². The van der Waals surface area contributed by atoms with Gasteiger partial charge in [-0.05, 0) is 37.8 Å². The van der Waals surface area contributed by atoms with Crippen molar-refractivity contribution in [2.45, 2.75) is 43.5 Å². The number of fused-ring (bicyclic) bond motifs is 1. The number of nitrogens with zero attached hydrogens (tertiary/aromatic N) is 3. The number of amides is 2. The van der Waals surface area contributed by atoms with Crippen LogP contribution in [-0.4, -0.2) is 60.2 Å². The summed E-state index contributed by atoms with van der Waals surface area (Å²) in [5.41, 5.74) is 5.95. The van der Waals surface area contributed by atoms with E-state index in [2.05, 4.69) is 0 Å². The fourth-order valence-corrected chi connectivity index (χ4v) is 5.81. The molecule has 2 fully saturated rings. The monoisotopic (exact) mass is 450 g/mol. The van der Waals surface area contributed by atoms with Gasteiger partial charge in [-0.15, -0.1) is 0 Å². The Hall–Kier alpha value is -2.66. The lowest BCUT2D eigenvalue weighted by Crippen LogP contribution is -2.42. The maximum Gasteiger partial charge on any atom is 0.419 e. The van der Waals surface area contributed by atoms with Gasteiger partial charge in [-0.2, -0.15) is 4.31 Å². The van der Waals surface area contributed by atoms with Crippen LogP contribution in [0, 0.1) is 5.92 Å². The van der Waals surface area contributed by atoms with E-state index in [9.17, 15) is 22.8 Å². The van der Waals surface area contributed by atoms with E-state index in [1.54, 1.807) is 11.0 Å². The molecule has 0 aliphatic carbocycles. The Balaban J connectivity index is 1.46. The molecule has 2 aliphatic heterocycles. The van der Waals surface area contributed by atoms with E-state index >= 15 is 0 Å². The van der Waals surface area contributed by atoms with Gasteiger partial charge in [-0.3, -0.25) is 14.2 Å². The second-order valence-corrected chi connectivity index (χ2v) is 10.0. The minimum Gasteiger partial charge on any atom is -0.408 e. The van der Waals surface area contributed by atoms with Gasteiger partial charge in [0, 0.05) is 51.1 Å². The van der Waals surface area contributed by atoms with Crippen LogP contribution < -0.4 is 11.5 Å². The molecule has 10 nitrogen and oxygen atoms in total. The molecule has 0 spiro atoms. The molecule has 2 aromatic rings. The van der Waals surface area contributed by atoms with Crippen LogP contribution in [0.5, 0.6) is 0 Å².